The van der Waals surface area contributed by atoms with Gasteiger partial charge < -0.3 is 5.73 Å². The van der Waals surface area contributed by atoms with Crippen LogP contribution in [-0.4, -0.2) is 29.0 Å². The predicted molar refractivity (Wildman–Crippen MR) is 73.3 cm³/mol. The van der Waals surface area contributed by atoms with E-state index in [0.29, 0.717) is 6.04 Å². The molecule has 2 N–H and O–H groups in total. The van der Waals surface area contributed by atoms with Crippen molar-refractivity contribution in [2.45, 2.75) is 38.8 Å². The summed E-state index contributed by atoms with van der Waals surface area (Å²) in [5, 5.41) is 0. The summed E-state index contributed by atoms with van der Waals surface area (Å²) < 4.78 is 0. The van der Waals surface area contributed by atoms with E-state index < -0.39 is 0 Å². The fourth-order valence-corrected chi connectivity index (χ4v) is 2.41. The Morgan fingerprint density at radius 1 is 1.47 bits per heavy atom. The van der Waals surface area contributed by atoms with Gasteiger partial charge in [0.1, 0.15) is 0 Å². The van der Waals surface area contributed by atoms with Gasteiger partial charge in [0.25, 0.3) is 0 Å². The van der Waals surface area contributed by atoms with Crippen LogP contribution < -0.4 is 5.73 Å². The number of nitrogens with zero attached hydrogens (tertiary/aromatic N) is 2. The lowest BCUT2D eigenvalue weighted by Crippen LogP contribution is -2.43. The first-order valence-corrected chi connectivity index (χ1v) is 6.16. The number of nitrogens with two attached hydrogens (primary N) is 1. The molecule has 0 aromatic carbocycles. The van der Waals surface area contributed by atoms with E-state index in [1.807, 2.05) is 12.3 Å². The van der Waals surface area contributed by atoms with Crippen LogP contribution in [0.2, 0.25) is 0 Å². The molecule has 17 heavy (non-hydrogen) atoms. The summed E-state index contributed by atoms with van der Waals surface area (Å²) in [5.74, 6) is 0. The zero-order chi connectivity index (χ0) is 11.4. The molecule has 1 aliphatic heterocycles. The molecule has 1 unspecified atom stereocenters. The summed E-state index contributed by atoms with van der Waals surface area (Å²) in [7, 11) is 0. The number of rotatable bonds is 3. The van der Waals surface area contributed by atoms with Gasteiger partial charge in [0.05, 0.1) is 5.69 Å². The number of aryl methyl sites for hydroxylation is 1. The van der Waals surface area contributed by atoms with Gasteiger partial charge in [-0.25, -0.2) is 0 Å². The van der Waals surface area contributed by atoms with E-state index in [4.69, 9.17) is 5.73 Å². The average Bonchev–Trinajstić information content (AvgIpc) is 2.33. The first-order chi connectivity index (χ1) is 7.81. The maximum absolute atomic E-state index is 5.82. The lowest BCUT2D eigenvalue weighted by molar-refractivity contribution is 0.143. The largest absolute Gasteiger partial charge is 0.329 e. The molecule has 1 atom stereocenters. The van der Waals surface area contributed by atoms with Gasteiger partial charge in [0, 0.05) is 25.3 Å². The highest BCUT2D eigenvalue weighted by atomic mass is 35.5. The Bertz CT molecular complexity index is 343. The minimum atomic E-state index is 0. The van der Waals surface area contributed by atoms with Crippen LogP contribution >= 0.6 is 12.4 Å². The first-order valence-electron chi connectivity index (χ1n) is 6.16. The van der Waals surface area contributed by atoms with Crippen molar-refractivity contribution >= 4 is 12.4 Å². The van der Waals surface area contributed by atoms with Crippen molar-refractivity contribution in [1.82, 2.24) is 9.88 Å². The van der Waals surface area contributed by atoms with E-state index in [-0.39, 0.29) is 12.4 Å². The van der Waals surface area contributed by atoms with Crippen molar-refractivity contribution in [3.05, 3.63) is 29.6 Å². The fraction of sp³-hybridized carbons (Fsp3) is 0.615. The highest BCUT2D eigenvalue weighted by Gasteiger charge is 2.21. The van der Waals surface area contributed by atoms with Crippen LogP contribution in [-0.2, 0) is 6.54 Å². The monoisotopic (exact) mass is 255 g/mol. The Morgan fingerprint density at radius 2 is 2.29 bits per heavy atom. The molecule has 0 radical (unpaired) electrons. The Morgan fingerprint density at radius 3 is 3.00 bits per heavy atom. The van der Waals surface area contributed by atoms with Crippen molar-refractivity contribution in [2.75, 3.05) is 13.1 Å². The maximum Gasteiger partial charge on any atom is 0.0573 e. The molecule has 1 fully saturated rings. The van der Waals surface area contributed by atoms with Crippen LogP contribution in [0.1, 0.15) is 30.5 Å². The van der Waals surface area contributed by atoms with Gasteiger partial charge in [0.2, 0.25) is 0 Å². The number of piperidine rings is 1. The lowest BCUT2D eigenvalue weighted by Gasteiger charge is -2.34. The Kier molecular flexibility index (Phi) is 5.89. The number of pyridine rings is 1. The van der Waals surface area contributed by atoms with Gasteiger partial charge >= 0.3 is 0 Å². The highest BCUT2D eigenvalue weighted by Crippen LogP contribution is 2.19. The van der Waals surface area contributed by atoms with E-state index in [1.54, 1.807) is 0 Å². The van der Waals surface area contributed by atoms with Crippen LogP contribution in [0.4, 0.5) is 0 Å². The SMILES string of the molecule is Cc1cccnc1CN1CCCCC1CN.Cl. The van der Waals surface area contributed by atoms with E-state index >= 15 is 0 Å². The molecule has 0 spiro atoms. The Hall–Kier alpha value is -0.640. The minimum absolute atomic E-state index is 0. The van der Waals surface area contributed by atoms with E-state index in [1.165, 1.54) is 30.5 Å². The van der Waals surface area contributed by atoms with Gasteiger partial charge in [-0.05, 0) is 37.9 Å². The average molecular weight is 256 g/mol. The van der Waals surface area contributed by atoms with Gasteiger partial charge in [0.15, 0.2) is 0 Å². The fourth-order valence-electron chi connectivity index (χ4n) is 2.41. The number of aromatic nitrogens is 1. The van der Waals surface area contributed by atoms with E-state index in [0.717, 1.165) is 19.6 Å². The molecule has 1 aromatic heterocycles. The number of halogens is 1. The molecular weight excluding hydrogens is 234 g/mol. The summed E-state index contributed by atoms with van der Waals surface area (Å²) in [6.07, 6.45) is 5.73. The molecule has 0 bridgehead atoms. The van der Waals surface area contributed by atoms with Crippen molar-refractivity contribution in [1.29, 1.82) is 0 Å². The van der Waals surface area contributed by atoms with Gasteiger partial charge in [-0.15, -0.1) is 12.4 Å². The molecule has 1 saturated heterocycles. The summed E-state index contributed by atoms with van der Waals surface area (Å²) in [4.78, 5) is 6.94. The Labute approximate surface area is 110 Å². The third-order valence-electron chi connectivity index (χ3n) is 3.49. The van der Waals surface area contributed by atoms with Crippen LogP contribution in [0.15, 0.2) is 18.3 Å². The molecule has 0 saturated carbocycles. The quantitative estimate of drug-likeness (QED) is 0.900. The molecule has 2 heterocycles. The molecular formula is C13H22ClN3. The third kappa shape index (κ3) is 3.66. The number of likely N-dealkylation sites (tertiary alicyclic amines) is 1. The van der Waals surface area contributed by atoms with Crippen molar-refractivity contribution in [2.24, 2.45) is 5.73 Å². The second kappa shape index (κ2) is 6.94. The second-order valence-electron chi connectivity index (χ2n) is 4.62. The molecule has 96 valence electrons. The summed E-state index contributed by atoms with van der Waals surface area (Å²) in [6.45, 7) is 5.02. The number of hydrogen-bond donors (Lipinski definition) is 1. The number of hydrogen-bond acceptors (Lipinski definition) is 3. The molecule has 1 aliphatic rings. The first kappa shape index (κ1) is 14.4. The normalized spacial score (nSPS) is 20.9. The smallest absolute Gasteiger partial charge is 0.0573 e. The zero-order valence-corrected chi connectivity index (χ0v) is 11.2. The van der Waals surface area contributed by atoms with Crippen LogP contribution in [0.5, 0.6) is 0 Å². The zero-order valence-electron chi connectivity index (χ0n) is 10.4. The topological polar surface area (TPSA) is 42.2 Å². The van der Waals surface area contributed by atoms with Crippen LogP contribution in [0, 0.1) is 6.92 Å². The van der Waals surface area contributed by atoms with Crippen molar-refractivity contribution < 1.29 is 0 Å². The Balaban J connectivity index is 0.00000144. The highest BCUT2D eigenvalue weighted by molar-refractivity contribution is 5.85. The summed E-state index contributed by atoms with van der Waals surface area (Å²) >= 11 is 0. The van der Waals surface area contributed by atoms with E-state index in [2.05, 4.69) is 22.9 Å². The minimum Gasteiger partial charge on any atom is -0.329 e. The molecule has 1 aromatic rings. The molecule has 2 rings (SSSR count). The van der Waals surface area contributed by atoms with Gasteiger partial charge in [-0.1, -0.05) is 12.5 Å². The maximum atomic E-state index is 5.82. The second-order valence-corrected chi connectivity index (χ2v) is 4.62. The van der Waals surface area contributed by atoms with Crippen LogP contribution in [0.25, 0.3) is 0 Å². The lowest BCUT2D eigenvalue weighted by atomic mass is 10.0. The van der Waals surface area contributed by atoms with Crippen molar-refractivity contribution in [3.8, 4) is 0 Å². The molecule has 3 nitrogen and oxygen atoms in total. The standard InChI is InChI=1S/C13H21N3.ClH/c1-11-5-4-7-15-13(11)10-16-8-3-2-6-12(16)9-14;/h4-5,7,12H,2-3,6,8-10,14H2,1H3;1H. The predicted octanol–water partition coefficient (Wildman–Crippen LogP) is 2.13. The third-order valence-corrected chi connectivity index (χ3v) is 3.49. The molecule has 4 heteroatoms. The molecule has 0 aliphatic carbocycles. The van der Waals surface area contributed by atoms with Crippen molar-refractivity contribution in [3.63, 3.8) is 0 Å². The van der Waals surface area contributed by atoms with Gasteiger partial charge in [-0.2, -0.15) is 0 Å². The summed E-state index contributed by atoms with van der Waals surface area (Å²) in [5.41, 5.74) is 8.30. The van der Waals surface area contributed by atoms with Crippen LogP contribution in [0.3, 0.4) is 0 Å². The van der Waals surface area contributed by atoms with E-state index in [9.17, 15) is 0 Å². The van der Waals surface area contributed by atoms with Gasteiger partial charge in [-0.3, -0.25) is 9.88 Å². The molecule has 0 amide bonds. The summed E-state index contributed by atoms with van der Waals surface area (Å²) in [6, 6.07) is 4.68.